The molecular weight excluding hydrogens is 518 g/mol. The maximum atomic E-state index is 13.1. The molecule has 1 saturated heterocycles. The first kappa shape index (κ1) is 23.2. The van der Waals surface area contributed by atoms with E-state index in [1.54, 1.807) is 16.2 Å². The lowest BCUT2D eigenvalue weighted by molar-refractivity contribution is -0.133. The van der Waals surface area contributed by atoms with Crippen molar-refractivity contribution in [1.82, 2.24) is 25.1 Å². The van der Waals surface area contributed by atoms with Crippen LogP contribution in [0.5, 0.6) is 0 Å². The molecule has 32 heavy (non-hydrogen) atoms. The molecule has 0 radical (unpaired) electrons. The average molecular weight is 538 g/mol. The van der Waals surface area contributed by atoms with Crippen molar-refractivity contribution in [2.45, 2.75) is 44.3 Å². The zero-order chi connectivity index (χ0) is 22.8. The largest absolute Gasteiger partial charge is 0.341 e. The molecule has 1 N–H and O–H groups in total. The van der Waals surface area contributed by atoms with Crippen molar-refractivity contribution >= 4 is 38.9 Å². The van der Waals surface area contributed by atoms with E-state index in [2.05, 4.69) is 26.5 Å². The van der Waals surface area contributed by atoms with Crippen LogP contribution in [0.2, 0.25) is 0 Å². The van der Waals surface area contributed by atoms with E-state index in [1.165, 1.54) is 0 Å². The highest BCUT2D eigenvalue weighted by molar-refractivity contribution is 9.09. The number of rotatable bonds is 7. The van der Waals surface area contributed by atoms with Crippen LogP contribution in [0.25, 0.3) is 5.70 Å². The quantitative estimate of drug-likeness (QED) is 0.422. The molecule has 1 fully saturated rings. The molecule has 13 heteroatoms. The lowest BCUT2D eigenvalue weighted by Gasteiger charge is -2.31. The van der Waals surface area contributed by atoms with Crippen molar-refractivity contribution in [3.63, 3.8) is 0 Å². The molecule has 174 valence electrons. The van der Waals surface area contributed by atoms with E-state index in [0.717, 1.165) is 16.4 Å². The van der Waals surface area contributed by atoms with E-state index in [0.29, 0.717) is 42.0 Å². The molecule has 1 atom stereocenters. The SMILES string of the molecule is O=C(Cn1nc(C(F)F)cc1C(F)F)N1CCC(c2nc(C3=CC(CBr)ON3)cs2)CC1. The van der Waals surface area contributed by atoms with Crippen LogP contribution >= 0.6 is 27.3 Å². The van der Waals surface area contributed by atoms with Gasteiger partial charge >= 0.3 is 0 Å². The van der Waals surface area contributed by atoms with Crippen molar-refractivity contribution in [2.75, 3.05) is 18.4 Å². The second-order valence-corrected chi connectivity index (χ2v) is 9.01. The molecule has 0 aromatic carbocycles. The van der Waals surface area contributed by atoms with Crippen LogP contribution in [0, 0.1) is 0 Å². The first-order valence-electron chi connectivity index (χ1n) is 9.92. The molecule has 4 heterocycles. The summed E-state index contributed by atoms with van der Waals surface area (Å²) in [6.45, 7) is 0.370. The summed E-state index contributed by atoms with van der Waals surface area (Å²) in [6.07, 6.45) is -2.72. The summed E-state index contributed by atoms with van der Waals surface area (Å²) in [6, 6.07) is 0.647. The Hall–Kier alpha value is -1.99. The minimum Gasteiger partial charge on any atom is -0.341 e. The summed E-state index contributed by atoms with van der Waals surface area (Å²) in [4.78, 5) is 24.2. The Morgan fingerprint density at radius 2 is 2.03 bits per heavy atom. The Kier molecular flexibility index (Phi) is 7.15. The molecule has 0 spiro atoms. The molecule has 1 unspecified atom stereocenters. The molecule has 2 aliphatic heterocycles. The van der Waals surface area contributed by atoms with Gasteiger partial charge in [-0.2, -0.15) is 5.10 Å². The number of nitrogens with zero attached hydrogens (tertiary/aromatic N) is 4. The minimum absolute atomic E-state index is 0.0541. The van der Waals surface area contributed by atoms with Crippen molar-refractivity contribution in [2.24, 2.45) is 0 Å². The van der Waals surface area contributed by atoms with Gasteiger partial charge in [0.2, 0.25) is 5.91 Å². The normalized spacial score (nSPS) is 19.7. The highest BCUT2D eigenvalue weighted by Gasteiger charge is 2.29. The van der Waals surface area contributed by atoms with Crippen LogP contribution < -0.4 is 5.48 Å². The lowest BCUT2D eigenvalue weighted by atomic mass is 9.97. The Morgan fingerprint density at radius 1 is 1.28 bits per heavy atom. The van der Waals surface area contributed by atoms with E-state index in [4.69, 9.17) is 9.82 Å². The smallest absolute Gasteiger partial charge is 0.282 e. The monoisotopic (exact) mass is 537 g/mol. The van der Waals surface area contributed by atoms with Gasteiger partial charge in [0.05, 0.1) is 16.4 Å². The van der Waals surface area contributed by atoms with Crippen molar-refractivity contribution in [3.8, 4) is 0 Å². The molecule has 2 aromatic rings. The highest BCUT2D eigenvalue weighted by Crippen LogP contribution is 2.32. The number of nitrogens with one attached hydrogen (secondary N) is 1. The average Bonchev–Trinajstić information content (AvgIpc) is 3.52. The first-order valence-corrected chi connectivity index (χ1v) is 11.9. The van der Waals surface area contributed by atoms with Gasteiger partial charge in [-0.1, -0.05) is 15.9 Å². The van der Waals surface area contributed by atoms with Gasteiger partial charge in [-0.25, -0.2) is 22.5 Å². The maximum Gasteiger partial charge on any atom is 0.282 e. The standard InChI is InChI=1S/C19H20BrF4N5O2S/c20-7-11-5-12(27-31-11)14-9-32-19(25-14)10-1-3-28(4-2-10)16(30)8-29-15(18(23)24)6-13(26-29)17(21)22/h5-6,9-11,17-18,27H,1-4,7-8H2. The highest BCUT2D eigenvalue weighted by atomic mass is 79.9. The summed E-state index contributed by atoms with van der Waals surface area (Å²) in [5.41, 5.74) is 3.06. The van der Waals surface area contributed by atoms with Crippen LogP contribution in [0.1, 0.15) is 53.7 Å². The molecular formula is C19H20BrF4N5O2S. The Balaban J connectivity index is 1.35. The Morgan fingerprint density at radius 3 is 2.66 bits per heavy atom. The number of amides is 1. The van der Waals surface area contributed by atoms with Crippen LogP contribution in [-0.2, 0) is 16.2 Å². The first-order chi connectivity index (χ1) is 15.4. The van der Waals surface area contributed by atoms with Gasteiger partial charge in [0.1, 0.15) is 24.0 Å². The van der Waals surface area contributed by atoms with E-state index >= 15 is 0 Å². The molecule has 1 amide bonds. The third-order valence-corrected chi connectivity index (χ3v) is 7.03. The van der Waals surface area contributed by atoms with Gasteiger partial charge in [-0.15, -0.1) is 11.3 Å². The zero-order valence-corrected chi connectivity index (χ0v) is 19.1. The zero-order valence-electron chi connectivity index (χ0n) is 16.7. The predicted molar refractivity (Wildman–Crippen MR) is 113 cm³/mol. The number of carbonyl (C=O) groups excluding carboxylic acids is 1. The third kappa shape index (κ3) is 4.99. The number of hydrogen-bond donors (Lipinski definition) is 1. The molecule has 7 nitrogen and oxygen atoms in total. The molecule has 0 bridgehead atoms. The molecule has 0 saturated carbocycles. The fourth-order valence-electron chi connectivity index (χ4n) is 3.67. The fourth-order valence-corrected chi connectivity index (χ4v) is 4.98. The maximum absolute atomic E-state index is 13.1. The number of hydroxylamine groups is 1. The molecule has 2 aliphatic rings. The van der Waals surface area contributed by atoms with Crippen molar-refractivity contribution < 1.29 is 27.2 Å². The van der Waals surface area contributed by atoms with Crippen molar-refractivity contribution in [3.05, 3.63) is 39.6 Å². The van der Waals surface area contributed by atoms with E-state index in [9.17, 15) is 22.4 Å². The van der Waals surface area contributed by atoms with Crippen LogP contribution in [-0.4, -0.2) is 50.1 Å². The lowest BCUT2D eigenvalue weighted by Crippen LogP contribution is -2.40. The summed E-state index contributed by atoms with van der Waals surface area (Å²) in [7, 11) is 0. The number of aromatic nitrogens is 3. The van der Waals surface area contributed by atoms with Crippen LogP contribution in [0.4, 0.5) is 17.6 Å². The fraction of sp³-hybridized carbons (Fsp3) is 0.526. The minimum atomic E-state index is -2.99. The summed E-state index contributed by atoms with van der Waals surface area (Å²) in [5.74, 6) is -0.244. The second-order valence-electron chi connectivity index (χ2n) is 7.47. The van der Waals surface area contributed by atoms with Crippen LogP contribution in [0.15, 0.2) is 17.5 Å². The van der Waals surface area contributed by atoms with Gasteiger partial charge in [-0.3, -0.25) is 19.8 Å². The summed E-state index contributed by atoms with van der Waals surface area (Å²) >= 11 is 4.91. The van der Waals surface area contributed by atoms with Gasteiger partial charge in [0.25, 0.3) is 12.9 Å². The molecule has 2 aromatic heterocycles. The number of halogens is 5. The number of alkyl halides is 5. The van der Waals surface area contributed by atoms with Gasteiger partial charge in [0, 0.05) is 29.7 Å². The van der Waals surface area contributed by atoms with Crippen molar-refractivity contribution in [1.29, 1.82) is 0 Å². The molecule has 0 aliphatic carbocycles. The number of carbonyl (C=O) groups is 1. The third-order valence-electron chi connectivity index (χ3n) is 5.38. The molecule has 4 rings (SSSR count). The summed E-state index contributed by atoms with van der Waals surface area (Å²) in [5, 5.41) is 7.08. The van der Waals surface area contributed by atoms with E-state index < -0.39 is 36.7 Å². The number of thiazole rings is 1. The van der Waals surface area contributed by atoms with E-state index in [-0.39, 0.29) is 12.0 Å². The number of hydrogen-bond acceptors (Lipinski definition) is 6. The van der Waals surface area contributed by atoms with Gasteiger partial charge in [0.15, 0.2) is 0 Å². The Bertz CT molecular complexity index is 990. The van der Waals surface area contributed by atoms with Gasteiger partial charge < -0.3 is 4.90 Å². The summed E-state index contributed by atoms with van der Waals surface area (Å²) < 4.78 is 52.6. The van der Waals surface area contributed by atoms with E-state index in [1.807, 2.05) is 11.5 Å². The predicted octanol–water partition coefficient (Wildman–Crippen LogP) is 4.26. The van der Waals surface area contributed by atoms with Gasteiger partial charge in [-0.05, 0) is 25.0 Å². The Labute approximate surface area is 193 Å². The number of piperidine rings is 1. The van der Waals surface area contributed by atoms with Crippen LogP contribution in [0.3, 0.4) is 0 Å². The number of likely N-dealkylation sites (tertiary alicyclic amines) is 1. The topological polar surface area (TPSA) is 72.3 Å². The second kappa shape index (κ2) is 9.87.